The first-order valence-corrected chi connectivity index (χ1v) is 12.9. The number of para-hydroxylation sites is 1. The summed E-state index contributed by atoms with van der Waals surface area (Å²) < 4.78 is 18.1. The molecule has 0 aliphatic carbocycles. The average Bonchev–Trinajstić information content (AvgIpc) is 3.20. The lowest BCUT2D eigenvalue weighted by atomic mass is 9.98. The SMILES string of the molecule is CCCCCN1C(=O)c2oc3ccccc3c(=O)c2C1c1ccc(OCc2ccccc2)c(OCC)c1. The van der Waals surface area contributed by atoms with Gasteiger partial charge in [-0.2, -0.15) is 0 Å². The third-order valence-corrected chi connectivity index (χ3v) is 6.70. The van der Waals surface area contributed by atoms with Crippen molar-refractivity contribution < 1.29 is 18.7 Å². The molecular weight excluding hydrogens is 466 g/mol. The average molecular weight is 498 g/mol. The summed E-state index contributed by atoms with van der Waals surface area (Å²) in [5.41, 5.74) is 2.49. The number of carbonyl (C=O) groups excluding carboxylic acids is 1. The Morgan fingerprint density at radius 3 is 2.43 bits per heavy atom. The van der Waals surface area contributed by atoms with Crippen molar-refractivity contribution in [3.05, 3.63) is 105 Å². The van der Waals surface area contributed by atoms with Gasteiger partial charge in [-0.25, -0.2) is 0 Å². The monoisotopic (exact) mass is 497 g/mol. The molecule has 0 fully saturated rings. The first-order chi connectivity index (χ1) is 18.1. The van der Waals surface area contributed by atoms with E-state index in [2.05, 4.69) is 6.92 Å². The van der Waals surface area contributed by atoms with E-state index in [-0.39, 0.29) is 17.1 Å². The zero-order chi connectivity index (χ0) is 25.8. The van der Waals surface area contributed by atoms with Crippen LogP contribution in [-0.4, -0.2) is 24.0 Å². The molecule has 0 bridgehead atoms. The van der Waals surface area contributed by atoms with Crippen LogP contribution in [0.2, 0.25) is 0 Å². The molecule has 2 heterocycles. The van der Waals surface area contributed by atoms with Crippen LogP contribution in [0.5, 0.6) is 11.5 Å². The molecule has 6 nitrogen and oxygen atoms in total. The molecule has 0 radical (unpaired) electrons. The van der Waals surface area contributed by atoms with E-state index < -0.39 is 6.04 Å². The molecule has 0 N–H and O–H groups in total. The first-order valence-electron chi connectivity index (χ1n) is 12.9. The van der Waals surface area contributed by atoms with Crippen LogP contribution in [0.25, 0.3) is 11.0 Å². The molecule has 3 aromatic carbocycles. The molecule has 0 saturated carbocycles. The fourth-order valence-electron chi connectivity index (χ4n) is 4.89. The van der Waals surface area contributed by atoms with Gasteiger partial charge in [-0.3, -0.25) is 9.59 Å². The van der Waals surface area contributed by atoms with E-state index in [0.29, 0.717) is 47.8 Å². The second-order valence-electron chi connectivity index (χ2n) is 9.19. The van der Waals surface area contributed by atoms with Crippen molar-refractivity contribution in [1.82, 2.24) is 4.90 Å². The maximum Gasteiger partial charge on any atom is 0.290 e. The number of fused-ring (bicyclic) bond motifs is 2. The van der Waals surface area contributed by atoms with E-state index in [9.17, 15) is 9.59 Å². The molecule has 37 heavy (non-hydrogen) atoms. The minimum absolute atomic E-state index is 0.132. The van der Waals surface area contributed by atoms with Crippen molar-refractivity contribution in [2.45, 2.75) is 45.8 Å². The van der Waals surface area contributed by atoms with Crippen LogP contribution in [0.15, 0.2) is 82.0 Å². The summed E-state index contributed by atoms with van der Waals surface area (Å²) >= 11 is 0. The minimum atomic E-state index is -0.553. The van der Waals surface area contributed by atoms with Crippen LogP contribution in [0.3, 0.4) is 0 Å². The lowest BCUT2D eigenvalue weighted by Crippen LogP contribution is -2.30. The van der Waals surface area contributed by atoms with Crippen LogP contribution in [-0.2, 0) is 6.61 Å². The van der Waals surface area contributed by atoms with Crippen LogP contribution in [0.4, 0.5) is 0 Å². The van der Waals surface area contributed by atoms with Crippen molar-refractivity contribution in [3.8, 4) is 11.5 Å². The number of hydrogen-bond acceptors (Lipinski definition) is 5. The second-order valence-corrected chi connectivity index (χ2v) is 9.19. The van der Waals surface area contributed by atoms with Gasteiger partial charge in [0.2, 0.25) is 5.76 Å². The number of hydrogen-bond donors (Lipinski definition) is 0. The number of ether oxygens (including phenoxy) is 2. The summed E-state index contributed by atoms with van der Waals surface area (Å²) in [5.74, 6) is 1.08. The van der Waals surface area contributed by atoms with Gasteiger partial charge in [-0.15, -0.1) is 0 Å². The Morgan fingerprint density at radius 1 is 0.865 bits per heavy atom. The van der Waals surface area contributed by atoms with Gasteiger partial charge in [0.1, 0.15) is 12.2 Å². The van der Waals surface area contributed by atoms with Gasteiger partial charge in [0.05, 0.1) is 23.6 Å². The van der Waals surface area contributed by atoms with Crippen molar-refractivity contribution >= 4 is 16.9 Å². The smallest absolute Gasteiger partial charge is 0.290 e. The molecule has 0 spiro atoms. The predicted octanol–water partition coefficient (Wildman–Crippen LogP) is 6.51. The zero-order valence-electron chi connectivity index (χ0n) is 21.2. The summed E-state index contributed by atoms with van der Waals surface area (Å²) in [5, 5.41) is 0.474. The highest BCUT2D eigenvalue weighted by Gasteiger charge is 2.42. The molecule has 6 heteroatoms. The van der Waals surface area contributed by atoms with Gasteiger partial charge in [0, 0.05) is 6.54 Å². The van der Waals surface area contributed by atoms with Gasteiger partial charge in [-0.05, 0) is 48.7 Å². The van der Waals surface area contributed by atoms with Crippen LogP contribution >= 0.6 is 0 Å². The second kappa shape index (κ2) is 10.9. The zero-order valence-corrected chi connectivity index (χ0v) is 21.2. The lowest BCUT2D eigenvalue weighted by Gasteiger charge is -2.26. The summed E-state index contributed by atoms with van der Waals surface area (Å²) in [6.07, 6.45) is 2.87. The molecule has 4 aromatic rings. The Kier molecular flexibility index (Phi) is 7.26. The van der Waals surface area contributed by atoms with Crippen molar-refractivity contribution in [3.63, 3.8) is 0 Å². The molecule has 0 saturated heterocycles. The van der Waals surface area contributed by atoms with Gasteiger partial charge in [-0.1, -0.05) is 68.3 Å². The fourth-order valence-corrected chi connectivity index (χ4v) is 4.89. The van der Waals surface area contributed by atoms with E-state index in [1.54, 1.807) is 23.1 Å². The predicted molar refractivity (Wildman–Crippen MR) is 143 cm³/mol. The van der Waals surface area contributed by atoms with E-state index in [0.717, 1.165) is 30.4 Å². The third kappa shape index (κ3) is 4.84. The summed E-state index contributed by atoms with van der Waals surface area (Å²) in [6.45, 7) is 5.44. The first kappa shape index (κ1) is 24.6. The Hall–Kier alpha value is -4.06. The Bertz CT molecular complexity index is 1460. The number of nitrogens with zero attached hydrogens (tertiary/aromatic N) is 1. The van der Waals surface area contributed by atoms with Gasteiger partial charge < -0.3 is 18.8 Å². The van der Waals surface area contributed by atoms with Crippen molar-refractivity contribution in [2.75, 3.05) is 13.2 Å². The van der Waals surface area contributed by atoms with Crippen molar-refractivity contribution in [1.29, 1.82) is 0 Å². The normalized spacial score (nSPS) is 14.7. The van der Waals surface area contributed by atoms with E-state index in [1.165, 1.54) is 0 Å². The minimum Gasteiger partial charge on any atom is -0.490 e. The molecule has 1 amide bonds. The number of carbonyl (C=O) groups is 1. The molecule has 1 atom stereocenters. The highest BCUT2D eigenvalue weighted by Crippen LogP contribution is 2.41. The molecule has 1 aromatic heterocycles. The standard InChI is InChI=1S/C31H31NO5/c1-3-5-11-18-32-28(27-29(33)23-14-9-10-15-24(23)37-30(27)31(32)34)22-16-17-25(26(19-22)35-4-2)36-20-21-12-7-6-8-13-21/h6-10,12-17,19,28H,3-5,11,18,20H2,1-2H3. The van der Waals surface area contributed by atoms with Crippen LogP contribution < -0.4 is 14.9 Å². The molecule has 1 unspecified atom stereocenters. The van der Waals surface area contributed by atoms with Gasteiger partial charge in [0.15, 0.2) is 16.9 Å². The number of unbranched alkanes of at least 4 members (excludes halogenated alkanes) is 2. The topological polar surface area (TPSA) is 69.0 Å². The summed E-state index contributed by atoms with van der Waals surface area (Å²) in [7, 11) is 0. The van der Waals surface area contributed by atoms with Crippen LogP contribution in [0, 0.1) is 0 Å². The maximum absolute atomic E-state index is 13.7. The van der Waals surface area contributed by atoms with Crippen molar-refractivity contribution in [2.24, 2.45) is 0 Å². The summed E-state index contributed by atoms with van der Waals surface area (Å²) in [6, 6.07) is 22.1. The Labute approximate surface area is 216 Å². The Morgan fingerprint density at radius 2 is 1.65 bits per heavy atom. The molecule has 190 valence electrons. The van der Waals surface area contributed by atoms with E-state index in [1.807, 2.05) is 61.5 Å². The van der Waals surface area contributed by atoms with Crippen LogP contribution in [0.1, 0.15) is 66.4 Å². The maximum atomic E-state index is 13.7. The number of benzene rings is 3. The Balaban J connectivity index is 1.57. The largest absolute Gasteiger partial charge is 0.490 e. The quantitative estimate of drug-likeness (QED) is 0.234. The highest BCUT2D eigenvalue weighted by atomic mass is 16.5. The molecular formula is C31H31NO5. The van der Waals surface area contributed by atoms with E-state index >= 15 is 0 Å². The molecule has 1 aliphatic rings. The number of amides is 1. The summed E-state index contributed by atoms with van der Waals surface area (Å²) in [4.78, 5) is 29.0. The third-order valence-electron chi connectivity index (χ3n) is 6.70. The molecule has 5 rings (SSSR count). The number of rotatable bonds is 10. The highest BCUT2D eigenvalue weighted by molar-refractivity contribution is 5.99. The molecule has 1 aliphatic heterocycles. The van der Waals surface area contributed by atoms with E-state index in [4.69, 9.17) is 13.9 Å². The fraction of sp³-hybridized carbons (Fsp3) is 0.290. The lowest BCUT2D eigenvalue weighted by molar-refractivity contribution is 0.0724. The van der Waals surface area contributed by atoms with Gasteiger partial charge in [0.25, 0.3) is 5.91 Å². The van der Waals surface area contributed by atoms with Gasteiger partial charge >= 0.3 is 0 Å².